The van der Waals surface area contributed by atoms with Gasteiger partial charge in [0.25, 0.3) is 0 Å². The highest BCUT2D eigenvalue weighted by atomic mass is 35.5. The van der Waals surface area contributed by atoms with Gasteiger partial charge in [0.05, 0.1) is 24.2 Å². The van der Waals surface area contributed by atoms with Crippen molar-refractivity contribution >= 4 is 58.7 Å². The maximum Gasteiger partial charge on any atom is 0.168 e. The van der Waals surface area contributed by atoms with Gasteiger partial charge in [0.1, 0.15) is 0 Å². The Kier molecular flexibility index (Phi) is 5.37. The Balaban J connectivity index is 0.000000882. The minimum atomic E-state index is 0. The topological polar surface area (TPSA) is 40.0 Å². The summed E-state index contributed by atoms with van der Waals surface area (Å²) in [6.45, 7) is 6.40. The molecule has 0 unspecified atom stereocenters. The maximum atomic E-state index is 4.86. The molecule has 22 heavy (non-hydrogen) atoms. The molecule has 1 N–H and O–H groups in total. The summed E-state index contributed by atoms with van der Waals surface area (Å²) in [5.74, 6) is 1.09. The molecule has 0 amide bonds. The van der Waals surface area contributed by atoms with Crippen molar-refractivity contribution in [3.05, 3.63) is 11.1 Å². The molecular weight excluding hydrogens is 359 g/mol. The highest BCUT2D eigenvalue weighted by Crippen LogP contribution is 2.48. The number of nitrogens with one attached hydrogen (secondary N) is 1. The minimum absolute atomic E-state index is 0. The number of aliphatic imine (C=N–C) groups is 2. The predicted octanol–water partition coefficient (Wildman–Crippen LogP) is 3.48. The Morgan fingerprint density at radius 2 is 2.14 bits per heavy atom. The Morgan fingerprint density at radius 3 is 2.77 bits per heavy atom. The molecule has 0 aromatic rings. The first-order valence-corrected chi connectivity index (χ1v) is 9.10. The van der Waals surface area contributed by atoms with Crippen molar-refractivity contribution in [2.45, 2.75) is 44.2 Å². The molecular formula is C14H22Cl2N4S2. The summed E-state index contributed by atoms with van der Waals surface area (Å²) in [5.41, 5.74) is 1.90. The average molecular weight is 381 g/mol. The molecule has 4 aliphatic rings. The van der Waals surface area contributed by atoms with Crippen molar-refractivity contribution in [1.82, 2.24) is 10.2 Å². The number of rotatable bonds is 3. The molecule has 0 atom stereocenters. The van der Waals surface area contributed by atoms with E-state index >= 15 is 0 Å². The summed E-state index contributed by atoms with van der Waals surface area (Å²) in [4.78, 5) is 11.9. The Hall–Kier alpha value is -0.0400. The zero-order valence-electron chi connectivity index (χ0n) is 12.8. The van der Waals surface area contributed by atoms with Crippen LogP contribution in [0.3, 0.4) is 0 Å². The second kappa shape index (κ2) is 6.46. The van der Waals surface area contributed by atoms with Crippen molar-refractivity contribution < 1.29 is 0 Å². The molecule has 124 valence electrons. The summed E-state index contributed by atoms with van der Waals surface area (Å²) in [7, 11) is 0. The molecule has 8 heteroatoms. The van der Waals surface area contributed by atoms with Crippen LogP contribution in [0.2, 0.25) is 0 Å². The lowest BCUT2D eigenvalue weighted by atomic mass is 10.1. The molecule has 0 bridgehead atoms. The fourth-order valence-corrected chi connectivity index (χ4v) is 4.79. The largest absolute Gasteiger partial charge is 0.358 e. The van der Waals surface area contributed by atoms with Crippen LogP contribution >= 0.6 is 48.3 Å². The van der Waals surface area contributed by atoms with E-state index < -0.39 is 0 Å². The Bertz CT molecular complexity index is 541. The number of amidine groups is 2. The van der Waals surface area contributed by atoms with Gasteiger partial charge in [-0.1, -0.05) is 23.5 Å². The average Bonchev–Trinajstić information content (AvgIpc) is 2.70. The van der Waals surface area contributed by atoms with Gasteiger partial charge in [-0.05, 0) is 38.5 Å². The third kappa shape index (κ3) is 3.55. The lowest BCUT2D eigenvalue weighted by Crippen LogP contribution is -2.38. The van der Waals surface area contributed by atoms with E-state index in [-0.39, 0.29) is 30.4 Å². The molecule has 0 saturated heterocycles. The second-order valence-corrected chi connectivity index (χ2v) is 8.58. The van der Waals surface area contributed by atoms with Gasteiger partial charge < -0.3 is 10.2 Å². The van der Waals surface area contributed by atoms with Crippen LogP contribution in [0.4, 0.5) is 0 Å². The van der Waals surface area contributed by atoms with Gasteiger partial charge in [0.15, 0.2) is 10.3 Å². The zero-order valence-corrected chi connectivity index (χ0v) is 16.1. The highest BCUT2D eigenvalue weighted by molar-refractivity contribution is 8.16. The SMILES string of the molecule is CC1(C)CN=C(SCCC2=CSC3=NC4(CC4)CN23)N1.Cl.Cl. The van der Waals surface area contributed by atoms with E-state index in [4.69, 9.17) is 4.99 Å². The van der Waals surface area contributed by atoms with E-state index in [0.29, 0.717) is 5.54 Å². The van der Waals surface area contributed by atoms with Crippen LogP contribution in [0.15, 0.2) is 21.1 Å². The van der Waals surface area contributed by atoms with Crippen LogP contribution in [0.25, 0.3) is 0 Å². The monoisotopic (exact) mass is 380 g/mol. The van der Waals surface area contributed by atoms with Gasteiger partial charge in [-0.25, -0.2) is 0 Å². The van der Waals surface area contributed by atoms with Crippen LogP contribution in [0.1, 0.15) is 33.1 Å². The number of hydrogen-bond acceptors (Lipinski definition) is 6. The summed E-state index contributed by atoms with van der Waals surface area (Å²) < 4.78 is 0. The van der Waals surface area contributed by atoms with Crippen LogP contribution in [-0.4, -0.2) is 45.2 Å². The molecule has 0 aromatic carbocycles. The molecule has 4 rings (SSSR count). The first-order valence-electron chi connectivity index (χ1n) is 7.24. The van der Waals surface area contributed by atoms with Crippen molar-refractivity contribution in [1.29, 1.82) is 0 Å². The number of thioether (sulfide) groups is 2. The van der Waals surface area contributed by atoms with Gasteiger partial charge >= 0.3 is 0 Å². The Morgan fingerprint density at radius 1 is 1.36 bits per heavy atom. The summed E-state index contributed by atoms with van der Waals surface area (Å²) >= 11 is 3.65. The number of halogens is 2. The number of hydrogen-bond donors (Lipinski definition) is 1. The van der Waals surface area contributed by atoms with Gasteiger partial charge in [-0.15, -0.1) is 24.8 Å². The van der Waals surface area contributed by atoms with E-state index in [2.05, 4.69) is 34.5 Å². The van der Waals surface area contributed by atoms with Gasteiger partial charge in [0, 0.05) is 11.4 Å². The smallest absolute Gasteiger partial charge is 0.168 e. The second-order valence-electron chi connectivity index (χ2n) is 6.66. The van der Waals surface area contributed by atoms with E-state index in [1.54, 1.807) is 11.8 Å². The van der Waals surface area contributed by atoms with Gasteiger partial charge in [-0.3, -0.25) is 9.98 Å². The molecule has 1 spiro atoms. The summed E-state index contributed by atoms with van der Waals surface area (Å²) in [6.07, 6.45) is 3.67. The van der Waals surface area contributed by atoms with Crippen LogP contribution in [0, 0.1) is 0 Å². The highest BCUT2D eigenvalue weighted by Gasteiger charge is 2.50. The Labute approximate surface area is 152 Å². The summed E-state index contributed by atoms with van der Waals surface area (Å²) in [5, 5.41) is 8.10. The molecule has 4 nitrogen and oxygen atoms in total. The normalized spacial score (nSPS) is 25.5. The van der Waals surface area contributed by atoms with Crippen molar-refractivity contribution in [2.24, 2.45) is 9.98 Å². The van der Waals surface area contributed by atoms with Crippen molar-refractivity contribution in [2.75, 3.05) is 18.8 Å². The first kappa shape index (κ1) is 18.3. The summed E-state index contributed by atoms with van der Waals surface area (Å²) in [6, 6.07) is 0. The zero-order chi connectivity index (χ0) is 13.8. The lowest BCUT2D eigenvalue weighted by Gasteiger charge is -2.19. The van der Waals surface area contributed by atoms with E-state index in [9.17, 15) is 0 Å². The van der Waals surface area contributed by atoms with Crippen LogP contribution in [-0.2, 0) is 0 Å². The maximum absolute atomic E-state index is 4.86. The van der Waals surface area contributed by atoms with Crippen LogP contribution < -0.4 is 5.32 Å². The van der Waals surface area contributed by atoms with Crippen molar-refractivity contribution in [3.63, 3.8) is 0 Å². The fourth-order valence-electron chi connectivity index (χ4n) is 2.74. The van der Waals surface area contributed by atoms with E-state index in [0.717, 1.165) is 30.4 Å². The molecule has 3 aliphatic heterocycles. The molecule has 1 aliphatic carbocycles. The first-order chi connectivity index (χ1) is 9.55. The number of allylic oxidation sites excluding steroid dienone is 1. The fraction of sp³-hybridized carbons (Fsp3) is 0.714. The molecule has 1 saturated carbocycles. The molecule has 0 radical (unpaired) electrons. The van der Waals surface area contributed by atoms with E-state index in [1.165, 1.54) is 23.7 Å². The number of fused-ring (bicyclic) bond motifs is 1. The van der Waals surface area contributed by atoms with Crippen LogP contribution in [0.5, 0.6) is 0 Å². The van der Waals surface area contributed by atoms with E-state index in [1.807, 2.05) is 11.8 Å². The number of nitrogens with zero attached hydrogens (tertiary/aromatic N) is 3. The van der Waals surface area contributed by atoms with Gasteiger partial charge in [-0.2, -0.15) is 0 Å². The van der Waals surface area contributed by atoms with Gasteiger partial charge in [0.2, 0.25) is 0 Å². The minimum Gasteiger partial charge on any atom is -0.358 e. The standard InChI is InChI=1S/C14H20N4S2.2ClH/c1-13(2)8-15-11(16-13)19-6-3-10-7-20-12-17-14(4-5-14)9-18(10)12;;/h7H,3-6,8-9H2,1-2H3,(H,15,16);2*1H. The van der Waals surface area contributed by atoms with Crippen molar-refractivity contribution in [3.8, 4) is 0 Å². The lowest BCUT2D eigenvalue weighted by molar-refractivity contribution is 0.492. The molecule has 1 fully saturated rings. The predicted molar refractivity (Wildman–Crippen MR) is 103 cm³/mol. The third-order valence-corrected chi connectivity index (χ3v) is 5.98. The quantitative estimate of drug-likeness (QED) is 0.813. The molecule has 3 heterocycles. The third-order valence-electron chi connectivity index (χ3n) is 4.15. The molecule has 0 aromatic heterocycles.